The van der Waals surface area contributed by atoms with Crippen molar-refractivity contribution in [3.63, 3.8) is 0 Å². The Labute approximate surface area is 229 Å². The highest BCUT2D eigenvalue weighted by Gasteiger charge is 2.30. The minimum Gasteiger partial charge on any atom is -0.353 e. The highest BCUT2D eigenvalue weighted by Crippen LogP contribution is 2.41. The molecule has 0 radical (unpaired) electrons. The monoisotopic (exact) mass is 525 g/mol. The second-order valence-corrected chi connectivity index (χ2v) is 11.3. The molecule has 3 aromatic rings. The second kappa shape index (κ2) is 12.5. The summed E-state index contributed by atoms with van der Waals surface area (Å²) in [7, 11) is 0. The van der Waals surface area contributed by atoms with Crippen LogP contribution in [0.2, 0.25) is 0 Å². The Kier molecular flexibility index (Phi) is 8.61. The summed E-state index contributed by atoms with van der Waals surface area (Å²) in [6.45, 7) is 5.61. The van der Waals surface area contributed by atoms with Gasteiger partial charge in [-0.1, -0.05) is 84.1 Å². The first-order chi connectivity index (χ1) is 18.5. The molecular formula is C32H35N3O2S. The van der Waals surface area contributed by atoms with Gasteiger partial charge in [0.2, 0.25) is 5.91 Å². The zero-order valence-electron chi connectivity index (χ0n) is 21.9. The predicted octanol–water partition coefficient (Wildman–Crippen LogP) is 5.55. The number of rotatable bonds is 8. The van der Waals surface area contributed by atoms with E-state index in [2.05, 4.69) is 40.5 Å². The molecule has 3 aromatic carbocycles. The van der Waals surface area contributed by atoms with Crippen LogP contribution in [0.25, 0.3) is 6.08 Å². The molecule has 0 aliphatic carbocycles. The van der Waals surface area contributed by atoms with Crippen molar-refractivity contribution in [1.29, 1.82) is 0 Å². The standard InChI is InChI=1S/C32H35N3O2S/c1-24-11-13-26(14-12-24)22-30-32(37)35(28-9-5-6-10-29(28)38-30)23-31(36)33-17-20-34-18-15-27(16-19-34)21-25-7-3-2-4-8-25/h2-14,22,27H,15-21,23H2,1H3,(H,33,36). The molecule has 0 saturated carbocycles. The highest BCUT2D eigenvalue weighted by molar-refractivity contribution is 8.04. The number of thioether (sulfide) groups is 1. The third kappa shape index (κ3) is 6.74. The van der Waals surface area contributed by atoms with E-state index in [1.165, 1.54) is 35.7 Å². The number of carbonyl (C=O) groups excluding carboxylic acids is 2. The molecule has 1 saturated heterocycles. The normalized spacial score (nSPS) is 17.4. The summed E-state index contributed by atoms with van der Waals surface area (Å²) in [5.74, 6) is 0.465. The molecule has 5 nitrogen and oxygen atoms in total. The number of amides is 2. The third-order valence-electron chi connectivity index (χ3n) is 7.33. The number of fused-ring (bicyclic) bond motifs is 1. The van der Waals surface area contributed by atoms with Gasteiger partial charge in [0.15, 0.2) is 0 Å². The van der Waals surface area contributed by atoms with Crippen molar-refractivity contribution in [3.05, 3.63) is 100 Å². The molecular weight excluding hydrogens is 490 g/mol. The van der Waals surface area contributed by atoms with E-state index < -0.39 is 0 Å². The van der Waals surface area contributed by atoms with E-state index in [0.717, 1.165) is 48.1 Å². The fraction of sp³-hybridized carbons (Fsp3) is 0.312. The van der Waals surface area contributed by atoms with Gasteiger partial charge >= 0.3 is 0 Å². The Hall–Kier alpha value is -3.35. The first-order valence-electron chi connectivity index (χ1n) is 13.5. The number of aryl methyl sites for hydroxylation is 1. The molecule has 2 aliphatic heterocycles. The average Bonchev–Trinajstić information content (AvgIpc) is 2.94. The largest absolute Gasteiger partial charge is 0.353 e. The third-order valence-corrected chi connectivity index (χ3v) is 8.41. The van der Waals surface area contributed by atoms with Crippen molar-refractivity contribution in [2.45, 2.75) is 31.1 Å². The maximum Gasteiger partial charge on any atom is 0.265 e. The highest BCUT2D eigenvalue weighted by atomic mass is 32.2. The van der Waals surface area contributed by atoms with Crippen LogP contribution in [0.5, 0.6) is 0 Å². The van der Waals surface area contributed by atoms with Crippen LogP contribution < -0.4 is 10.2 Å². The molecule has 6 heteroatoms. The van der Waals surface area contributed by atoms with Crippen LogP contribution in [0.15, 0.2) is 88.7 Å². The number of carbonyl (C=O) groups is 2. The van der Waals surface area contributed by atoms with E-state index >= 15 is 0 Å². The predicted molar refractivity (Wildman–Crippen MR) is 156 cm³/mol. The van der Waals surface area contributed by atoms with Gasteiger partial charge in [0.25, 0.3) is 5.91 Å². The number of hydrogen-bond acceptors (Lipinski definition) is 4. The Bertz CT molecular complexity index is 1280. The first-order valence-corrected chi connectivity index (χ1v) is 14.3. The lowest BCUT2D eigenvalue weighted by atomic mass is 9.90. The Balaban J connectivity index is 1.13. The van der Waals surface area contributed by atoms with Gasteiger partial charge in [-0.3, -0.25) is 14.5 Å². The van der Waals surface area contributed by atoms with Crippen LogP contribution in [0, 0.1) is 12.8 Å². The van der Waals surface area contributed by atoms with Crippen molar-refractivity contribution in [2.75, 3.05) is 37.6 Å². The topological polar surface area (TPSA) is 52.7 Å². The summed E-state index contributed by atoms with van der Waals surface area (Å²) in [6.07, 6.45) is 5.44. The number of nitrogens with zero attached hydrogens (tertiary/aromatic N) is 2. The molecule has 0 aromatic heterocycles. The average molecular weight is 526 g/mol. The number of nitrogens with one attached hydrogen (secondary N) is 1. The van der Waals surface area contributed by atoms with Crippen molar-refractivity contribution in [1.82, 2.24) is 10.2 Å². The summed E-state index contributed by atoms with van der Waals surface area (Å²) >= 11 is 1.46. The Morgan fingerprint density at radius 2 is 1.68 bits per heavy atom. The number of likely N-dealkylation sites (tertiary alicyclic amines) is 1. The van der Waals surface area contributed by atoms with Gasteiger partial charge in [0.05, 0.1) is 10.6 Å². The zero-order valence-corrected chi connectivity index (χ0v) is 22.8. The van der Waals surface area contributed by atoms with E-state index in [1.54, 1.807) is 4.90 Å². The molecule has 38 heavy (non-hydrogen) atoms. The molecule has 0 unspecified atom stereocenters. The van der Waals surface area contributed by atoms with Gasteiger partial charge in [-0.15, -0.1) is 0 Å². The van der Waals surface area contributed by atoms with Crippen molar-refractivity contribution in [3.8, 4) is 0 Å². The summed E-state index contributed by atoms with van der Waals surface area (Å²) in [4.78, 5) is 32.0. The Morgan fingerprint density at radius 3 is 2.45 bits per heavy atom. The summed E-state index contributed by atoms with van der Waals surface area (Å²) in [5.41, 5.74) is 4.36. The van der Waals surface area contributed by atoms with E-state index in [0.29, 0.717) is 11.4 Å². The van der Waals surface area contributed by atoms with Gasteiger partial charge in [-0.2, -0.15) is 0 Å². The smallest absolute Gasteiger partial charge is 0.265 e. The molecule has 2 aliphatic rings. The number of piperidine rings is 1. The Morgan fingerprint density at radius 1 is 0.974 bits per heavy atom. The molecule has 2 heterocycles. The quantitative estimate of drug-likeness (QED) is 0.392. The number of hydrogen-bond donors (Lipinski definition) is 1. The van der Waals surface area contributed by atoms with E-state index in [9.17, 15) is 9.59 Å². The summed E-state index contributed by atoms with van der Waals surface area (Å²) < 4.78 is 0. The molecule has 0 bridgehead atoms. The van der Waals surface area contributed by atoms with Gasteiger partial charge in [-0.25, -0.2) is 0 Å². The van der Waals surface area contributed by atoms with Crippen LogP contribution in [-0.2, 0) is 16.0 Å². The lowest BCUT2D eigenvalue weighted by Gasteiger charge is -2.32. The lowest BCUT2D eigenvalue weighted by Crippen LogP contribution is -2.45. The minimum atomic E-state index is -0.134. The van der Waals surface area contributed by atoms with Gasteiger partial charge in [0.1, 0.15) is 6.54 Å². The number of para-hydroxylation sites is 1. The molecule has 5 rings (SSSR count). The van der Waals surface area contributed by atoms with Crippen molar-refractivity contribution in [2.24, 2.45) is 5.92 Å². The second-order valence-electron chi connectivity index (χ2n) is 10.2. The van der Waals surface area contributed by atoms with Gasteiger partial charge in [0, 0.05) is 18.0 Å². The van der Waals surface area contributed by atoms with E-state index in [4.69, 9.17) is 0 Å². The van der Waals surface area contributed by atoms with E-state index in [-0.39, 0.29) is 18.4 Å². The molecule has 1 fully saturated rings. The van der Waals surface area contributed by atoms with Crippen LogP contribution in [-0.4, -0.2) is 49.4 Å². The van der Waals surface area contributed by atoms with Gasteiger partial charge in [-0.05, 0) is 74.5 Å². The van der Waals surface area contributed by atoms with Crippen molar-refractivity contribution >= 4 is 35.3 Å². The van der Waals surface area contributed by atoms with Crippen molar-refractivity contribution < 1.29 is 9.59 Å². The number of anilines is 1. The fourth-order valence-electron chi connectivity index (χ4n) is 5.15. The lowest BCUT2D eigenvalue weighted by molar-refractivity contribution is -0.122. The van der Waals surface area contributed by atoms with Crippen LogP contribution in [0.3, 0.4) is 0 Å². The van der Waals surface area contributed by atoms with Gasteiger partial charge < -0.3 is 10.2 Å². The van der Waals surface area contributed by atoms with Crippen LogP contribution >= 0.6 is 11.8 Å². The van der Waals surface area contributed by atoms with Crippen LogP contribution in [0.1, 0.15) is 29.5 Å². The number of benzene rings is 3. The molecule has 1 N–H and O–H groups in total. The molecule has 0 spiro atoms. The first kappa shape index (κ1) is 26.3. The SMILES string of the molecule is Cc1ccc(C=C2Sc3ccccc3N(CC(=O)NCCN3CCC(Cc4ccccc4)CC3)C2=O)cc1. The molecule has 196 valence electrons. The summed E-state index contributed by atoms with van der Waals surface area (Å²) in [6, 6.07) is 26.6. The fourth-order valence-corrected chi connectivity index (χ4v) is 6.21. The maximum atomic E-state index is 13.4. The maximum absolute atomic E-state index is 13.4. The van der Waals surface area contributed by atoms with Crippen LogP contribution in [0.4, 0.5) is 5.69 Å². The summed E-state index contributed by atoms with van der Waals surface area (Å²) in [5, 5.41) is 3.05. The minimum absolute atomic E-state index is 0.0147. The van der Waals surface area contributed by atoms with E-state index in [1.807, 2.05) is 61.5 Å². The zero-order chi connectivity index (χ0) is 26.3. The molecule has 0 atom stereocenters. The molecule has 2 amide bonds.